The van der Waals surface area contributed by atoms with E-state index in [9.17, 15) is 4.79 Å². The quantitative estimate of drug-likeness (QED) is 0.610. The minimum atomic E-state index is -0.0984. The lowest BCUT2D eigenvalue weighted by molar-refractivity contribution is 0.103. The summed E-state index contributed by atoms with van der Waals surface area (Å²) >= 11 is 1.50. The summed E-state index contributed by atoms with van der Waals surface area (Å²) in [6.45, 7) is 0. The van der Waals surface area contributed by atoms with Crippen LogP contribution in [0.3, 0.4) is 0 Å². The van der Waals surface area contributed by atoms with Gasteiger partial charge in [0.15, 0.2) is 0 Å². The van der Waals surface area contributed by atoms with Crippen molar-refractivity contribution in [1.82, 2.24) is 9.55 Å². The zero-order chi connectivity index (χ0) is 15.6. The number of para-hydroxylation sites is 2. The Morgan fingerprint density at radius 2 is 1.91 bits per heavy atom. The molecule has 0 saturated carbocycles. The van der Waals surface area contributed by atoms with Gasteiger partial charge in [-0.2, -0.15) is 0 Å². The molecule has 0 saturated heterocycles. The summed E-state index contributed by atoms with van der Waals surface area (Å²) < 4.78 is 2.99. The van der Waals surface area contributed by atoms with E-state index >= 15 is 0 Å². The van der Waals surface area contributed by atoms with Crippen LogP contribution in [0.25, 0.3) is 15.8 Å². The van der Waals surface area contributed by atoms with Crippen LogP contribution in [0.15, 0.2) is 73.3 Å². The van der Waals surface area contributed by atoms with E-state index in [4.69, 9.17) is 0 Å². The van der Waals surface area contributed by atoms with Gasteiger partial charge in [-0.1, -0.05) is 30.3 Å². The first-order valence-electron chi connectivity index (χ1n) is 7.18. The molecule has 0 unspecified atom stereocenters. The van der Waals surface area contributed by atoms with Gasteiger partial charge in [0.25, 0.3) is 5.91 Å². The van der Waals surface area contributed by atoms with Gasteiger partial charge in [0.1, 0.15) is 0 Å². The summed E-state index contributed by atoms with van der Waals surface area (Å²) in [4.78, 5) is 17.3. The Balaban J connectivity index is 1.67. The number of aromatic nitrogens is 2. The van der Waals surface area contributed by atoms with Crippen LogP contribution in [0.2, 0.25) is 0 Å². The average molecular weight is 319 g/mol. The van der Waals surface area contributed by atoms with Crippen molar-refractivity contribution >= 4 is 33.0 Å². The van der Waals surface area contributed by atoms with E-state index in [1.54, 1.807) is 12.5 Å². The first-order chi connectivity index (χ1) is 11.3. The second kappa shape index (κ2) is 5.70. The molecule has 4 nitrogen and oxygen atoms in total. The number of carbonyl (C=O) groups excluding carboxylic acids is 1. The monoisotopic (exact) mass is 319 g/mol. The van der Waals surface area contributed by atoms with Crippen molar-refractivity contribution in [3.8, 4) is 5.69 Å². The highest BCUT2D eigenvalue weighted by Gasteiger charge is 2.12. The summed E-state index contributed by atoms with van der Waals surface area (Å²) in [7, 11) is 0. The van der Waals surface area contributed by atoms with Gasteiger partial charge < -0.3 is 9.88 Å². The van der Waals surface area contributed by atoms with Gasteiger partial charge in [-0.3, -0.25) is 4.79 Å². The summed E-state index contributed by atoms with van der Waals surface area (Å²) in [5.41, 5.74) is 1.65. The van der Waals surface area contributed by atoms with E-state index in [1.165, 1.54) is 11.3 Å². The molecule has 1 N–H and O–H groups in total. The SMILES string of the molecule is O=C(Nc1ccccc1-n1ccnc1)c1cc2ccccc2s1. The van der Waals surface area contributed by atoms with Crippen molar-refractivity contribution < 1.29 is 4.79 Å². The highest BCUT2D eigenvalue weighted by Crippen LogP contribution is 2.27. The first kappa shape index (κ1) is 13.7. The maximum atomic E-state index is 12.6. The second-order valence-electron chi connectivity index (χ2n) is 5.09. The molecular weight excluding hydrogens is 306 g/mol. The maximum Gasteiger partial charge on any atom is 0.265 e. The van der Waals surface area contributed by atoms with Crippen LogP contribution in [-0.4, -0.2) is 15.5 Å². The summed E-state index contributed by atoms with van der Waals surface area (Å²) in [6, 6.07) is 17.6. The fraction of sp³-hybridized carbons (Fsp3) is 0. The Hall–Kier alpha value is -2.92. The molecule has 0 spiro atoms. The predicted molar refractivity (Wildman–Crippen MR) is 93.3 cm³/mol. The molecule has 0 atom stereocenters. The van der Waals surface area contributed by atoms with Crippen LogP contribution in [0, 0.1) is 0 Å². The fourth-order valence-corrected chi connectivity index (χ4v) is 3.44. The molecular formula is C18H13N3OS. The van der Waals surface area contributed by atoms with Gasteiger partial charge in [0.2, 0.25) is 0 Å². The van der Waals surface area contributed by atoms with Crippen LogP contribution < -0.4 is 5.32 Å². The number of amides is 1. The third-order valence-corrected chi connectivity index (χ3v) is 4.70. The zero-order valence-electron chi connectivity index (χ0n) is 12.1. The fourth-order valence-electron chi connectivity index (χ4n) is 2.48. The number of benzene rings is 2. The molecule has 5 heteroatoms. The van der Waals surface area contributed by atoms with Crippen molar-refractivity contribution in [1.29, 1.82) is 0 Å². The van der Waals surface area contributed by atoms with Crippen molar-refractivity contribution in [2.45, 2.75) is 0 Å². The van der Waals surface area contributed by atoms with Crippen molar-refractivity contribution in [3.05, 3.63) is 78.2 Å². The molecule has 1 amide bonds. The van der Waals surface area contributed by atoms with Crippen LogP contribution in [-0.2, 0) is 0 Å². The zero-order valence-corrected chi connectivity index (χ0v) is 13.0. The Bertz CT molecular complexity index is 940. The molecule has 4 aromatic rings. The molecule has 0 bridgehead atoms. The number of hydrogen-bond acceptors (Lipinski definition) is 3. The second-order valence-corrected chi connectivity index (χ2v) is 6.17. The van der Waals surface area contributed by atoms with Gasteiger partial charge in [-0.05, 0) is 29.7 Å². The van der Waals surface area contributed by atoms with Crippen molar-refractivity contribution in [2.24, 2.45) is 0 Å². The van der Waals surface area contributed by atoms with Gasteiger partial charge in [0, 0.05) is 17.1 Å². The summed E-state index contributed by atoms with van der Waals surface area (Å²) in [6.07, 6.45) is 5.28. The normalized spacial score (nSPS) is 10.8. The third kappa shape index (κ3) is 2.62. The number of thiophene rings is 1. The number of fused-ring (bicyclic) bond motifs is 1. The molecule has 2 aromatic heterocycles. The van der Waals surface area contributed by atoms with E-state index in [0.29, 0.717) is 4.88 Å². The lowest BCUT2D eigenvalue weighted by Crippen LogP contribution is -2.12. The van der Waals surface area contributed by atoms with E-state index in [2.05, 4.69) is 10.3 Å². The maximum absolute atomic E-state index is 12.6. The molecule has 2 aromatic carbocycles. The lowest BCUT2D eigenvalue weighted by Gasteiger charge is -2.10. The Morgan fingerprint density at radius 1 is 1.09 bits per heavy atom. The number of nitrogens with zero attached hydrogens (tertiary/aromatic N) is 2. The topological polar surface area (TPSA) is 46.9 Å². The largest absolute Gasteiger partial charge is 0.319 e. The molecule has 0 aliphatic rings. The molecule has 4 rings (SSSR count). The number of carbonyl (C=O) groups is 1. The minimum absolute atomic E-state index is 0.0984. The molecule has 0 aliphatic heterocycles. The molecule has 0 fully saturated rings. The standard InChI is InChI=1S/C18H13N3OS/c22-18(17-11-13-5-1-4-8-16(13)23-17)20-14-6-2-3-7-15(14)21-10-9-19-12-21/h1-12H,(H,20,22). The van der Waals surface area contributed by atoms with E-state index in [0.717, 1.165) is 21.5 Å². The van der Waals surface area contributed by atoms with Gasteiger partial charge in [0.05, 0.1) is 22.6 Å². The Labute approximate surface area is 137 Å². The van der Waals surface area contributed by atoms with Crippen LogP contribution in [0.5, 0.6) is 0 Å². The van der Waals surface area contributed by atoms with E-state index in [-0.39, 0.29) is 5.91 Å². The number of nitrogens with one attached hydrogen (secondary N) is 1. The van der Waals surface area contributed by atoms with Crippen molar-refractivity contribution in [3.63, 3.8) is 0 Å². The Morgan fingerprint density at radius 3 is 2.74 bits per heavy atom. The highest BCUT2D eigenvalue weighted by molar-refractivity contribution is 7.20. The molecule has 112 valence electrons. The number of anilines is 1. The third-order valence-electron chi connectivity index (χ3n) is 3.58. The van der Waals surface area contributed by atoms with Crippen LogP contribution in [0.4, 0.5) is 5.69 Å². The van der Waals surface area contributed by atoms with Crippen molar-refractivity contribution in [2.75, 3.05) is 5.32 Å². The van der Waals surface area contributed by atoms with Crippen LogP contribution >= 0.6 is 11.3 Å². The van der Waals surface area contributed by atoms with Gasteiger partial charge >= 0.3 is 0 Å². The summed E-state index contributed by atoms with van der Waals surface area (Å²) in [5, 5.41) is 4.09. The van der Waals surface area contributed by atoms with Crippen LogP contribution in [0.1, 0.15) is 9.67 Å². The molecule has 0 radical (unpaired) electrons. The number of rotatable bonds is 3. The highest BCUT2D eigenvalue weighted by atomic mass is 32.1. The molecule has 2 heterocycles. The lowest BCUT2D eigenvalue weighted by atomic mass is 10.2. The smallest absolute Gasteiger partial charge is 0.265 e. The Kier molecular flexibility index (Phi) is 3.40. The molecule has 23 heavy (non-hydrogen) atoms. The van der Waals surface area contributed by atoms with Gasteiger partial charge in [-0.15, -0.1) is 11.3 Å². The first-order valence-corrected chi connectivity index (χ1v) is 8.00. The summed E-state index contributed by atoms with van der Waals surface area (Å²) in [5.74, 6) is -0.0984. The van der Waals surface area contributed by atoms with E-state index in [1.807, 2.05) is 65.4 Å². The minimum Gasteiger partial charge on any atom is -0.319 e. The van der Waals surface area contributed by atoms with E-state index < -0.39 is 0 Å². The average Bonchev–Trinajstić information content (AvgIpc) is 3.25. The number of hydrogen-bond donors (Lipinski definition) is 1. The predicted octanol–water partition coefficient (Wildman–Crippen LogP) is 4.34. The van der Waals surface area contributed by atoms with Gasteiger partial charge in [-0.25, -0.2) is 4.98 Å². The molecule has 0 aliphatic carbocycles. The number of imidazole rings is 1.